The molecule has 1 amide bonds. The van der Waals surface area contributed by atoms with Crippen LogP contribution in [0, 0.1) is 17.7 Å². The Morgan fingerprint density at radius 1 is 1.30 bits per heavy atom. The summed E-state index contributed by atoms with van der Waals surface area (Å²) >= 11 is 0. The number of fused-ring (bicyclic) bond motifs is 1. The average molecular weight is 410 g/mol. The van der Waals surface area contributed by atoms with Crippen LogP contribution in [0.1, 0.15) is 51.5 Å². The molecule has 1 saturated carbocycles. The molecule has 158 valence electrons. The van der Waals surface area contributed by atoms with Gasteiger partial charge >= 0.3 is 0 Å². The van der Waals surface area contributed by atoms with Crippen molar-refractivity contribution in [1.82, 2.24) is 14.9 Å². The van der Waals surface area contributed by atoms with Crippen molar-refractivity contribution in [2.45, 2.75) is 51.5 Å². The van der Waals surface area contributed by atoms with Gasteiger partial charge in [0.15, 0.2) is 0 Å². The van der Waals surface area contributed by atoms with Gasteiger partial charge < -0.3 is 5.32 Å². The van der Waals surface area contributed by atoms with E-state index < -0.39 is 17.4 Å². The largest absolute Gasteiger partial charge is 0.309 e. The Bertz CT molecular complexity index is 1050. The zero-order valence-electron chi connectivity index (χ0n) is 17.2. The number of aromatic nitrogens is 2. The summed E-state index contributed by atoms with van der Waals surface area (Å²) in [5.41, 5.74) is 0.0215. The maximum absolute atomic E-state index is 13.7. The number of halogens is 1. The number of hydrogen-bond acceptors (Lipinski definition) is 4. The fourth-order valence-electron chi connectivity index (χ4n) is 4.32. The van der Waals surface area contributed by atoms with Crippen molar-refractivity contribution in [3.63, 3.8) is 0 Å². The Hall–Kier alpha value is -2.83. The highest BCUT2D eigenvalue weighted by Crippen LogP contribution is 2.30. The number of carbonyl (C=O) groups excluding carboxylic acids is 1. The third-order valence-corrected chi connectivity index (χ3v) is 6.05. The summed E-state index contributed by atoms with van der Waals surface area (Å²) < 4.78 is 15.1. The van der Waals surface area contributed by atoms with E-state index in [1.54, 1.807) is 6.08 Å². The quantitative estimate of drug-likeness (QED) is 0.834. The van der Waals surface area contributed by atoms with Crippen molar-refractivity contribution >= 4 is 22.6 Å². The molecule has 0 saturated heterocycles. The SMILES string of the molecule is CC1C=CC(NC(=O)C(CC2CCCCC2)n2cnc3ccc(F)cc3c2=O)=NC1. The van der Waals surface area contributed by atoms with Crippen LogP contribution in [0.25, 0.3) is 10.9 Å². The predicted octanol–water partition coefficient (Wildman–Crippen LogP) is 3.77. The lowest BCUT2D eigenvalue weighted by atomic mass is 9.84. The molecule has 6 nitrogen and oxygen atoms in total. The van der Waals surface area contributed by atoms with E-state index in [-0.39, 0.29) is 11.3 Å². The van der Waals surface area contributed by atoms with Gasteiger partial charge in [-0.25, -0.2) is 9.37 Å². The van der Waals surface area contributed by atoms with E-state index in [0.717, 1.165) is 25.7 Å². The van der Waals surface area contributed by atoms with Crippen LogP contribution in [0.4, 0.5) is 4.39 Å². The van der Waals surface area contributed by atoms with Gasteiger partial charge in [0.2, 0.25) is 5.91 Å². The maximum atomic E-state index is 13.7. The van der Waals surface area contributed by atoms with Crippen molar-refractivity contribution in [3.8, 4) is 0 Å². The van der Waals surface area contributed by atoms with E-state index in [0.29, 0.717) is 36.2 Å². The molecule has 2 unspecified atom stereocenters. The van der Waals surface area contributed by atoms with Crippen LogP contribution in [0.3, 0.4) is 0 Å². The second-order valence-electron chi connectivity index (χ2n) is 8.43. The molecule has 1 aliphatic carbocycles. The van der Waals surface area contributed by atoms with E-state index in [9.17, 15) is 14.0 Å². The first-order valence-electron chi connectivity index (χ1n) is 10.7. The van der Waals surface area contributed by atoms with Crippen molar-refractivity contribution < 1.29 is 9.18 Å². The van der Waals surface area contributed by atoms with Crippen LogP contribution >= 0.6 is 0 Å². The first-order chi connectivity index (χ1) is 14.5. The Kier molecular flexibility index (Phi) is 6.06. The molecule has 0 radical (unpaired) electrons. The molecular formula is C23H27FN4O2. The number of carbonyl (C=O) groups is 1. The third kappa shape index (κ3) is 4.50. The maximum Gasteiger partial charge on any atom is 0.262 e. The molecule has 2 aliphatic rings. The predicted molar refractivity (Wildman–Crippen MR) is 115 cm³/mol. The molecule has 7 heteroatoms. The number of benzene rings is 1. The van der Waals surface area contributed by atoms with Gasteiger partial charge in [-0.15, -0.1) is 0 Å². The van der Waals surface area contributed by atoms with Crippen LogP contribution < -0.4 is 10.9 Å². The summed E-state index contributed by atoms with van der Waals surface area (Å²) in [6.45, 7) is 2.68. The normalized spacial score (nSPS) is 20.7. The molecule has 30 heavy (non-hydrogen) atoms. The lowest BCUT2D eigenvalue weighted by molar-refractivity contribution is -0.123. The van der Waals surface area contributed by atoms with E-state index in [2.05, 4.69) is 22.2 Å². The van der Waals surface area contributed by atoms with Crippen molar-refractivity contribution in [2.75, 3.05) is 6.54 Å². The lowest BCUT2D eigenvalue weighted by Crippen LogP contribution is -2.41. The van der Waals surface area contributed by atoms with Gasteiger partial charge in [0.1, 0.15) is 17.7 Å². The van der Waals surface area contributed by atoms with Crippen LogP contribution in [-0.2, 0) is 4.79 Å². The van der Waals surface area contributed by atoms with Gasteiger partial charge in [-0.1, -0.05) is 45.1 Å². The van der Waals surface area contributed by atoms with Gasteiger partial charge in [-0.05, 0) is 42.5 Å². The molecule has 1 fully saturated rings. The fraction of sp³-hybridized carbons (Fsp3) is 0.478. The molecule has 1 aromatic carbocycles. The van der Waals surface area contributed by atoms with Crippen LogP contribution in [0.2, 0.25) is 0 Å². The molecule has 0 bridgehead atoms. The zero-order valence-corrected chi connectivity index (χ0v) is 17.2. The van der Waals surface area contributed by atoms with Gasteiger partial charge in [0, 0.05) is 6.54 Å². The van der Waals surface area contributed by atoms with E-state index >= 15 is 0 Å². The number of nitrogens with one attached hydrogen (secondary N) is 1. The summed E-state index contributed by atoms with van der Waals surface area (Å²) in [6, 6.07) is 3.23. The second-order valence-corrected chi connectivity index (χ2v) is 8.43. The fourth-order valence-corrected chi connectivity index (χ4v) is 4.32. The molecule has 2 atom stereocenters. The number of amides is 1. The number of hydrogen-bond donors (Lipinski definition) is 1. The topological polar surface area (TPSA) is 76.3 Å². The van der Waals surface area contributed by atoms with Crippen LogP contribution in [0.5, 0.6) is 0 Å². The minimum Gasteiger partial charge on any atom is -0.309 e. The molecule has 2 aromatic rings. The summed E-state index contributed by atoms with van der Waals surface area (Å²) in [5.74, 6) is 0.445. The van der Waals surface area contributed by atoms with Gasteiger partial charge in [-0.3, -0.25) is 19.1 Å². The second kappa shape index (κ2) is 8.90. The molecule has 1 aromatic heterocycles. The standard InChI is InChI=1S/C23H27FN4O2/c1-15-7-10-21(25-13-15)27-22(29)20(11-16-5-3-2-4-6-16)28-14-26-19-9-8-17(24)12-18(19)23(28)30/h7-10,12,14-16,20H,2-6,11,13H2,1H3,(H,25,27,29). The molecular weight excluding hydrogens is 383 g/mol. The van der Waals surface area contributed by atoms with E-state index in [1.807, 2.05) is 6.08 Å². The number of dihydropyridines is 1. The summed E-state index contributed by atoms with van der Waals surface area (Å²) in [5, 5.41) is 3.06. The first-order valence-corrected chi connectivity index (χ1v) is 10.7. The highest BCUT2D eigenvalue weighted by Gasteiger charge is 2.28. The minimum absolute atomic E-state index is 0.183. The summed E-state index contributed by atoms with van der Waals surface area (Å²) in [7, 11) is 0. The Morgan fingerprint density at radius 3 is 2.83 bits per heavy atom. The smallest absolute Gasteiger partial charge is 0.262 e. The summed E-state index contributed by atoms with van der Waals surface area (Å²) in [4.78, 5) is 35.1. The molecule has 0 spiro atoms. The first kappa shape index (κ1) is 20.4. The van der Waals surface area contributed by atoms with Crippen molar-refractivity contribution in [2.24, 2.45) is 16.8 Å². The van der Waals surface area contributed by atoms with Crippen LogP contribution in [-0.4, -0.2) is 27.8 Å². The highest BCUT2D eigenvalue weighted by molar-refractivity contribution is 6.05. The lowest BCUT2D eigenvalue weighted by Gasteiger charge is -2.27. The monoisotopic (exact) mass is 410 g/mol. The molecule has 2 heterocycles. The average Bonchev–Trinajstić information content (AvgIpc) is 2.75. The van der Waals surface area contributed by atoms with Gasteiger partial charge in [0.25, 0.3) is 5.56 Å². The molecule has 1 N–H and O–H groups in total. The number of nitrogens with zero attached hydrogens (tertiary/aromatic N) is 3. The van der Waals surface area contributed by atoms with Gasteiger partial charge in [0.05, 0.1) is 17.2 Å². The molecule has 1 aliphatic heterocycles. The number of rotatable bonds is 4. The van der Waals surface area contributed by atoms with Crippen molar-refractivity contribution in [3.05, 3.63) is 52.8 Å². The number of aliphatic imine (C=N–C) groups is 1. The van der Waals surface area contributed by atoms with Crippen molar-refractivity contribution in [1.29, 1.82) is 0 Å². The van der Waals surface area contributed by atoms with Gasteiger partial charge in [-0.2, -0.15) is 0 Å². The van der Waals surface area contributed by atoms with Crippen LogP contribution in [0.15, 0.2) is 46.5 Å². The van der Waals surface area contributed by atoms with E-state index in [1.165, 1.54) is 35.5 Å². The Morgan fingerprint density at radius 2 is 2.10 bits per heavy atom. The zero-order chi connectivity index (χ0) is 21.1. The Labute approximate surface area is 174 Å². The minimum atomic E-state index is -0.712. The number of amidine groups is 1. The summed E-state index contributed by atoms with van der Waals surface area (Å²) in [6.07, 6.45) is 11.4. The Balaban J connectivity index is 1.67. The third-order valence-electron chi connectivity index (χ3n) is 6.05. The van der Waals surface area contributed by atoms with E-state index in [4.69, 9.17) is 0 Å². The highest BCUT2D eigenvalue weighted by atomic mass is 19.1. The molecule has 4 rings (SSSR count).